The number of nitrogens with zero attached hydrogens (tertiary/aromatic N) is 3. The third-order valence-corrected chi connectivity index (χ3v) is 4.60. The van der Waals surface area contributed by atoms with E-state index in [2.05, 4.69) is 32.8 Å². The predicted molar refractivity (Wildman–Crippen MR) is 109 cm³/mol. The van der Waals surface area contributed by atoms with E-state index in [1.165, 1.54) is 0 Å². The molecule has 1 aromatic carbocycles. The molecule has 148 valence electrons. The van der Waals surface area contributed by atoms with Crippen LogP contribution < -0.4 is 14.8 Å². The zero-order chi connectivity index (χ0) is 19.8. The van der Waals surface area contributed by atoms with Crippen LogP contribution in [0.5, 0.6) is 11.5 Å². The van der Waals surface area contributed by atoms with E-state index in [9.17, 15) is 0 Å². The fourth-order valence-electron chi connectivity index (χ4n) is 3.05. The number of methoxy groups -OCH3 is 1. The van der Waals surface area contributed by atoms with Crippen molar-refractivity contribution in [3.05, 3.63) is 72.1 Å². The number of nitrogens with one attached hydrogen (secondary N) is 1. The molecule has 0 spiro atoms. The molecule has 1 unspecified atom stereocenters. The van der Waals surface area contributed by atoms with E-state index in [0.717, 1.165) is 48.1 Å². The van der Waals surface area contributed by atoms with Gasteiger partial charge < -0.3 is 19.4 Å². The number of pyridine rings is 1. The van der Waals surface area contributed by atoms with E-state index in [4.69, 9.17) is 9.47 Å². The van der Waals surface area contributed by atoms with Crippen molar-refractivity contribution in [1.82, 2.24) is 19.9 Å². The number of hydrogen-bond donors (Lipinski definition) is 1. The van der Waals surface area contributed by atoms with Crippen LogP contribution in [0, 0.1) is 12.8 Å². The predicted octanol–water partition coefficient (Wildman–Crippen LogP) is 3.60. The summed E-state index contributed by atoms with van der Waals surface area (Å²) in [6.45, 7) is 7.40. The van der Waals surface area contributed by atoms with Gasteiger partial charge in [0.1, 0.15) is 12.4 Å². The average molecular weight is 380 g/mol. The Morgan fingerprint density at radius 3 is 2.75 bits per heavy atom. The molecule has 3 aromatic rings. The molecule has 6 heteroatoms. The van der Waals surface area contributed by atoms with Crippen molar-refractivity contribution in [1.29, 1.82) is 0 Å². The molecule has 2 heterocycles. The molecule has 0 amide bonds. The molecular weight excluding hydrogens is 352 g/mol. The lowest BCUT2D eigenvalue weighted by Gasteiger charge is -2.16. The topological polar surface area (TPSA) is 61.2 Å². The lowest BCUT2D eigenvalue weighted by Crippen LogP contribution is -2.24. The van der Waals surface area contributed by atoms with Crippen molar-refractivity contribution in [2.75, 3.05) is 13.7 Å². The molecule has 0 fully saturated rings. The van der Waals surface area contributed by atoms with Crippen LogP contribution in [-0.4, -0.2) is 28.2 Å². The number of rotatable bonds is 10. The van der Waals surface area contributed by atoms with Gasteiger partial charge in [-0.3, -0.25) is 4.98 Å². The standard InChI is InChI=1S/C22H28N4O2/c1-17(15-26-10-9-25-18(26)2)12-24-13-19-6-7-21(27-3)22(11-19)28-16-20-5-4-8-23-14-20/h4-11,14,17,24H,12-13,15-16H2,1-3H3. The van der Waals surface area contributed by atoms with Crippen LogP contribution in [0.3, 0.4) is 0 Å². The summed E-state index contributed by atoms with van der Waals surface area (Å²) < 4.78 is 13.6. The highest BCUT2D eigenvalue weighted by atomic mass is 16.5. The molecule has 0 aliphatic heterocycles. The SMILES string of the molecule is COc1ccc(CNCC(C)Cn2ccnc2C)cc1OCc1cccnc1. The Labute approximate surface area is 166 Å². The average Bonchev–Trinajstić information content (AvgIpc) is 3.11. The summed E-state index contributed by atoms with van der Waals surface area (Å²) in [5.41, 5.74) is 2.18. The van der Waals surface area contributed by atoms with E-state index in [-0.39, 0.29) is 0 Å². The van der Waals surface area contributed by atoms with Crippen molar-refractivity contribution in [2.24, 2.45) is 5.92 Å². The Kier molecular flexibility index (Phi) is 7.03. The van der Waals surface area contributed by atoms with Gasteiger partial charge in [-0.2, -0.15) is 0 Å². The Hall–Kier alpha value is -2.86. The molecule has 0 aliphatic carbocycles. The summed E-state index contributed by atoms with van der Waals surface area (Å²) in [4.78, 5) is 8.39. The van der Waals surface area contributed by atoms with Gasteiger partial charge in [-0.25, -0.2) is 4.98 Å². The van der Waals surface area contributed by atoms with Crippen molar-refractivity contribution < 1.29 is 9.47 Å². The highest BCUT2D eigenvalue weighted by Crippen LogP contribution is 2.28. The highest BCUT2D eigenvalue weighted by Gasteiger charge is 2.08. The fraction of sp³-hybridized carbons (Fsp3) is 0.364. The highest BCUT2D eigenvalue weighted by molar-refractivity contribution is 5.43. The molecule has 1 N–H and O–H groups in total. The monoisotopic (exact) mass is 380 g/mol. The first-order valence-corrected chi connectivity index (χ1v) is 9.52. The van der Waals surface area contributed by atoms with E-state index >= 15 is 0 Å². The minimum absolute atomic E-state index is 0.461. The van der Waals surface area contributed by atoms with E-state index < -0.39 is 0 Å². The van der Waals surface area contributed by atoms with Gasteiger partial charge >= 0.3 is 0 Å². The summed E-state index contributed by atoms with van der Waals surface area (Å²) in [6.07, 6.45) is 7.44. The number of imidazole rings is 1. The largest absolute Gasteiger partial charge is 0.493 e. The first-order valence-electron chi connectivity index (χ1n) is 9.52. The van der Waals surface area contributed by atoms with Crippen molar-refractivity contribution >= 4 is 0 Å². The molecule has 0 radical (unpaired) electrons. The maximum atomic E-state index is 5.96. The van der Waals surface area contributed by atoms with E-state index in [0.29, 0.717) is 12.5 Å². The molecule has 1 atom stereocenters. The van der Waals surface area contributed by atoms with Gasteiger partial charge in [-0.05, 0) is 43.1 Å². The number of aromatic nitrogens is 3. The van der Waals surface area contributed by atoms with Gasteiger partial charge in [-0.15, -0.1) is 0 Å². The molecule has 0 saturated carbocycles. The van der Waals surface area contributed by atoms with Crippen LogP contribution in [0.1, 0.15) is 23.9 Å². The van der Waals surface area contributed by atoms with Crippen LogP contribution in [-0.2, 0) is 19.7 Å². The smallest absolute Gasteiger partial charge is 0.161 e. The second kappa shape index (κ2) is 9.90. The quantitative estimate of drug-likeness (QED) is 0.582. The van der Waals surface area contributed by atoms with Gasteiger partial charge in [0.25, 0.3) is 0 Å². The Morgan fingerprint density at radius 1 is 1.14 bits per heavy atom. The Bertz CT molecular complexity index is 864. The molecule has 6 nitrogen and oxygen atoms in total. The second-order valence-corrected chi connectivity index (χ2v) is 7.00. The van der Waals surface area contributed by atoms with E-state index in [1.807, 2.05) is 43.6 Å². The molecule has 2 aromatic heterocycles. The lowest BCUT2D eigenvalue weighted by molar-refractivity contribution is 0.283. The van der Waals surface area contributed by atoms with Crippen LogP contribution in [0.25, 0.3) is 0 Å². The van der Waals surface area contributed by atoms with Gasteiger partial charge in [0.15, 0.2) is 11.5 Å². The van der Waals surface area contributed by atoms with Crippen LogP contribution in [0.4, 0.5) is 0 Å². The summed E-state index contributed by atoms with van der Waals surface area (Å²) in [5.74, 6) is 3.04. The minimum Gasteiger partial charge on any atom is -0.493 e. The maximum absolute atomic E-state index is 5.96. The van der Waals surface area contributed by atoms with Gasteiger partial charge in [0.05, 0.1) is 7.11 Å². The first kappa shape index (κ1) is 19.9. The lowest BCUT2D eigenvalue weighted by atomic mass is 10.1. The summed E-state index contributed by atoms with van der Waals surface area (Å²) in [6, 6.07) is 9.95. The van der Waals surface area contributed by atoms with Crippen molar-refractivity contribution in [3.63, 3.8) is 0 Å². The third kappa shape index (κ3) is 5.57. The maximum Gasteiger partial charge on any atom is 0.161 e. The Balaban J connectivity index is 1.53. The molecule has 0 aliphatic rings. The van der Waals surface area contributed by atoms with E-state index in [1.54, 1.807) is 19.5 Å². The van der Waals surface area contributed by atoms with Gasteiger partial charge in [-0.1, -0.05) is 19.1 Å². The molecular formula is C22H28N4O2. The second-order valence-electron chi connectivity index (χ2n) is 7.00. The number of aryl methyl sites for hydroxylation is 1. The zero-order valence-corrected chi connectivity index (χ0v) is 16.8. The van der Waals surface area contributed by atoms with Crippen molar-refractivity contribution in [2.45, 2.75) is 33.5 Å². The summed E-state index contributed by atoms with van der Waals surface area (Å²) >= 11 is 0. The van der Waals surface area contributed by atoms with Gasteiger partial charge in [0.2, 0.25) is 0 Å². The third-order valence-electron chi connectivity index (χ3n) is 4.60. The van der Waals surface area contributed by atoms with Crippen LogP contribution in [0.2, 0.25) is 0 Å². The first-order chi connectivity index (χ1) is 13.7. The summed E-state index contributed by atoms with van der Waals surface area (Å²) in [5, 5.41) is 3.53. The fourth-order valence-corrected chi connectivity index (χ4v) is 3.05. The summed E-state index contributed by atoms with van der Waals surface area (Å²) in [7, 11) is 1.66. The molecule has 3 rings (SSSR count). The molecule has 28 heavy (non-hydrogen) atoms. The van der Waals surface area contributed by atoms with Crippen molar-refractivity contribution in [3.8, 4) is 11.5 Å². The van der Waals surface area contributed by atoms with Crippen LogP contribution in [0.15, 0.2) is 55.1 Å². The number of ether oxygens (including phenoxy) is 2. The van der Waals surface area contributed by atoms with Gasteiger partial charge in [0, 0.05) is 43.4 Å². The number of hydrogen-bond acceptors (Lipinski definition) is 5. The van der Waals surface area contributed by atoms with Crippen LogP contribution >= 0.6 is 0 Å². The number of benzene rings is 1. The normalized spacial score (nSPS) is 12.0. The Morgan fingerprint density at radius 2 is 2.04 bits per heavy atom. The zero-order valence-electron chi connectivity index (χ0n) is 16.8. The molecule has 0 saturated heterocycles. The molecule has 0 bridgehead atoms. The minimum atomic E-state index is 0.461.